The van der Waals surface area contributed by atoms with Gasteiger partial charge in [-0.3, -0.25) is 14.7 Å². The Labute approximate surface area is 125 Å². The van der Waals surface area contributed by atoms with Crippen molar-refractivity contribution in [3.05, 3.63) is 67.1 Å². The van der Waals surface area contributed by atoms with E-state index in [1.165, 1.54) is 10.9 Å². The van der Waals surface area contributed by atoms with Crippen LogP contribution >= 0.6 is 0 Å². The van der Waals surface area contributed by atoms with Crippen molar-refractivity contribution in [1.29, 1.82) is 0 Å². The molecular formula is C18H19N3. The van der Waals surface area contributed by atoms with Crippen molar-refractivity contribution in [3.8, 4) is 0 Å². The standard InChI is InChI=1S/C18H19N3/c1-3-13-20(16-9-11-19-12-10-16)21-14-15(4-2)17-7-5-6-8-18(17)21/h4-12,14H,2-3,13H2,1H3. The molecule has 3 heteroatoms. The monoisotopic (exact) mass is 277 g/mol. The smallest absolute Gasteiger partial charge is 0.0704 e. The minimum atomic E-state index is 0.944. The fourth-order valence-electron chi connectivity index (χ4n) is 2.64. The zero-order valence-electron chi connectivity index (χ0n) is 12.2. The Balaban J connectivity index is 2.18. The summed E-state index contributed by atoms with van der Waals surface area (Å²) in [4.78, 5) is 4.11. The zero-order chi connectivity index (χ0) is 14.7. The third-order valence-electron chi connectivity index (χ3n) is 3.60. The van der Waals surface area contributed by atoms with E-state index >= 15 is 0 Å². The van der Waals surface area contributed by atoms with E-state index in [0.29, 0.717) is 0 Å². The summed E-state index contributed by atoms with van der Waals surface area (Å²) in [5.74, 6) is 0. The predicted octanol–water partition coefficient (Wildman–Crippen LogP) is 4.36. The van der Waals surface area contributed by atoms with Crippen molar-refractivity contribution in [3.63, 3.8) is 0 Å². The Morgan fingerprint density at radius 1 is 1.19 bits per heavy atom. The Bertz CT molecular complexity index is 744. The normalized spacial score (nSPS) is 10.7. The summed E-state index contributed by atoms with van der Waals surface area (Å²) in [6.45, 7) is 7.06. The number of aromatic nitrogens is 2. The first-order valence-corrected chi connectivity index (χ1v) is 7.25. The molecule has 21 heavy (non-hydrogen) atoms. The van der Waals surface area contributed by atoms with Gasteiger partial charge in [0.05, 0.1) is 11.2 Å². The van der Waals surface area contributed by atoms with E-state index in [2.05, 4.69) is 58.6 Å². The molecule has 3 nitrogen and oxygen atoms in total. The molecule has 2 heterocycles. The average Bonchev–Trinajstić information content (AvgIpc) is 2.92. The van der Waals surface area contributed by atoms with Crippen molar-refractivity contribution in [2.24, 2.45) is 0 Å². The fraction of sp³-hybridized carbons (Fsp3) is 0.167. The maximum atomic E-state index is 4.11. The van der Waals surface area contributed by atoms with Crippen LogP contribution in [0.25, 0.3) is 17.0 Å². The summed E-state index contributed by atoms with van der Waals surface area (Å²) in [7, 11) is 0. The molecule has 0 aliphatic carbocycles. The number of benzene rings is 1. The zero-order valence-corrected chi connectivity index (χ0v) is 12.2. The summed E-state index contributed by atoms with van der Waals surface area (Å²) in [6.07, 6.45) is 8.79. The van der Waals surface area contributed by atoms with Gasteiger partial charge in [0, 0.05) is 36.1 Å². The van der Waals surface area contributed by atoms with Gasteiger partial charge in [-0.25, -0.2) is 0 Å². The molecule has 0 atom stereocenters. The molecule has 0 radical (unpaired) electrons. The summed E-state index contributed by atoms with van der Waals surface area (Å²) >= 11 is 0. The van der Waals surface area contributed by atoms with Crippen molar-refractivity contribution < 1.29 is 0 Å². The van der Waals surface area contributed by atoms with E-state index in [1.54, 1.807) is 0 Å². The minimum Gasteiger partial charge on any atom is -0.281 e. The van der Waals surface area contributed by atoms with Gasteiger partial charge in [0.2, 0.25) is 0 Å². The number of pyridine rings is 1. The van der Waals surface area contributed by atoms with E-state index in [0.717, 1.165) is 24.2 Å². The van der Waals surface area contributed by atoms with Crippen LogP contribution < -0.4 is 5.01 Å². The molecule has 0 spiro atoms. The third-order valence-corrected chi connectivity index (χ3v) is 3.60. The number of nitrogens with zero attached hydrogens (tertiary/aromatic N) is 3. The van der Waals surface area contributed by atoms with Crippen LogP contribution in [0, 0.1) is 0 Å². The van der Waals surface area contributed by atoms with E-state index in [-0.39, 0.29) is 0 Å². The summed E-state index contributed by atoms with van der Waals surface area (Å²) in [5, 5.41) is 3.50. The highest BCUT2D eigenvalue weighted by atomic mass is 15.5. The lowest BCUT2D eigenvalue weighted by atomic mass is 10.2. The van der Waals surface area contributed by atoms with E-state index < -0.39 is 0 Å². The van der Waals surface area contributed by atoms with Crippen LogP contribution in [0.2, 0.25) is 0 Å². The number of para-hydroxylation sites is 1. The molecule has 0 aliphatic heterocycles. The fourth-order valence-corrected chi connectivity index (χ4v) is 2.64. The lowest BCUT2D eigenvalue weighted by Crippen LogP contribution is -2.29. The summed E-state index contributed by atoms with van der Waals surface area (Å²) in [5.41, 5.74) is 3.49. The second kappa shape index (κ2) is 5.83. The number of fused-ring (bicyclic) bond motifs is 1. The number of rotatable bonds is 5. The predicted molar refractivity (Wildman–Crippen MR) is 89.3 cm³/mol. The van der Waals surface area contributed by atoms with Crippen LogP contribution in [0.15, 0.2) is 61.6 Å². The summed E-state index contributed by atoms with van der Waals surface area (Å²) < 4.78 is 2.21. The van der Waals surface area contributed by atoms with Crippen LogP contribution in [0.4, 0.5) is 5.69 Å². The molecule has 0 fully saturated rings. The van der Waals surface area contributed by atoms with Gasteiger partial charge >= 0.3 is 0 Å². The minimum absolute atomic E-state index is 0.944. The molecule has 1 aromatic carbocycles. The Hall–Kier alpha value is -2.55. The second-order valence-corrected chi connectivity index (χ2v) is 4.98. The van der Waals surface area contributed by atoms with Crippen LogP contribution in [-0.4, -0.2) is 16.2 Å². The number of hydrogen-bond donors (Lipinski definition) is 0. The van der Waals surface area contributed by atoms with Gasteiger partial charge < -0.3 is 0 Å². The maximum absolute atomic E-state index is 4.11. The third kappa shape index (κ3) is 2.42. The van der Waals surface area contributed by atoms with Crippen molar-refractivity contribution in [2.75, 3.05) is 11.6 Å². The molecule has 2 aromatic heterocycles. The van der Waals surface area contributed by atoms with Crippen molar-refractivity contribution in [2.45, 2.75) is 13.3 Å². The quantitative estimate of drug-likeness (QED) is 0.691. The first-order valence-electron chi connectivity index (χ1n) is 7.25. The Morgan fingerprint density at radius 2 is 1.95 bits per heavy atom. The lowest BCUT2D eigenvalue weighted by Gasteiger charge is -2.26. The molecule has 0 N–H and O–H groups in total. The van der Waals surface area contributed by atoms with E-state index in [9.17, 15) is 0 Å². The van der Waals surface area contributed by atoms with E-state index in [4.69, 9.17) is 0 Å². The first kappa shape index (κ1) is 13.4. The molecule has 3 rings (SSSR count). The molecule has 0 bridgehead atoms. The van der Waals surface area contributed by atoms with E-state index in [1.807, 2.05) is 30.6 Å². The van der Waals surface area contributed by atoms with Crippen LogP contribution in [-0.2, 0) is 0 Å². The van der Waals surface area contributed by atoms with Gasteiger partial charge in [0.25, 0.3) is 0 Å². The van der Waals surface area contributed by atoms with Gasteiger partial charge in [0.15, 0.2) is 0 Å². The molecule has 0 saturated carbocycles. The molecule has 106 valence electrons. The average molecular weight is 277 g/mol. The van der Waals surface area contributed by atoms with Gasteiger partial charge in [-0.2, -0.15) is 0 Å². The van der Waals surface area contributed by atoms with Gasteiger partial charge in [0.1, 0.15) is 0 Å². The largest absolute Gasteiger partial charge is 0.281 e. The lowest BCUT2D eigenvalue weighted by molar-refractivity contribution is 0.695. The number of anilines is 1. The highest BCUT2D eigenvalue weighted by molar-refractivity contribution is 5.89. The first-order chi connectivity index (χ1) is 10.3. The van der Waals surface area contributed by atoms with Crippen LogP contribution in [0.5, 0.6) is 0 Å². The SMILES string of the molecule is C=Cc1cn(N(CCC)c2ccncc2)c2ccccc12. The van der Waals surface area contributed by atoms with Crippen molar-refractivity contribution >= 4 is 22.7 Å². The molecular weight excluding hydrogens is 258 g/mol. The van der Waals surface area contributed by atoms with Gasteiger partial charge in [-0.15, -0.1) is 0 Å². The van der Waals surface area contributed by atoms with Gasteiger partial charge in [-0.05, 0) is 24.6 Å². The van der Waals surface area contributed by atoms with Crippen molar-refractivity contribution in [1.82, 2.24) is 9.66 Å². The molecule has 0 unspecified atom stereocenters. The second-order valence-electron chi connectivity index (χ2n) is 4.98. The maximum Gasteiger partial charge on any atom is 0.0704 e. The highest BCUT2D eigenvalue weighted by Crippen LogP contribution is 2.25. The highest BCUT2D eigenvalue weighted by Gasteiger charge is 2.12. The molecule has 3 aromatic rings. The van der Waals surface area contributed by atoms with Crippen LogP contribution in [0.1, 0.15) is 18.9 Å². The topological polar surface area (TPSA) is 21.1 Å². The van der Waals surface area contributed by atoms with Gasteiger partial charge in [-0.1, -0.05) is 37.8 Å². The Kier molecular flexibility index (Phi) is 3.73. The summed E-state index contributed by atoms with van der Waals surface area (Å²) in [6, 6.07) is 12.5. The van der Waals surface area contributed by atoms with Crippen LogP contribution in [0.3, 0.4) is 0 Å². The number of hydrogen-bond acceptors (Lipinski definition) is 2. The molecule has 0 amide bonds. The Morgan fingerprint density at radius 3 is 2.67 bits per heavy atom. The molecule has 0 aliphatic rings. The molecule has 0 saturated heterocycles.